The topological polar surface area (TPSA) is 83.0 Å². The number of nitrogens with one attached hydrogen (secondary N) is 1. The Kier molecular flexibility index (Phi) is 5.07. The number of carboxylic acid groups (broad SMARTS) is 1. The number of aromatic carboxylic acids is 1. The third kappa shape index (κ3) is 3.18. The molecule has 100 valence electrons. The van der Waals surface area contributed by atoms with E-state index < -0.39 is 11.5 Å². The number of nitrogens with zero attached hydrogens (tertiary/aromatic N) is 1. The molecule has 18 heavy (non-hydrogen) atoms. The van der Waals surface area contributed by atoms with Crippen molar-refractivity contribution in [3.8, 4) is 0 Å². The molecule has 0 radical (unpaired) electrons. The molecule has 0 saturated carbocycles. The molecule has 1 heterocycles. The van der Waals surface area contributed by atoms with E-state index in [1.807, 2.05) is 0 Å². The second-order valence-electron chi connectivity index (χ2n) is 4.49. The third-order valence-corrected chi connectivity index (χ3v) is 2.99. The van der Waals surface area contributed by atoms with Crippen molar-refractivity contribution in [1.29, 1.82) is 0 Å². The van der Waals surface area contributed by atoms with E-state index in [0.29, 0.717) is 11.5 Å². The van der Waals surface area contributed by atoms with E-state index in [4.69, 9.17) is 5.11 Å². The van der Waals surface area contributed by atoms with Crippen LogP contribution in [0.3, 0.4) is 0 Å². The van der Waals surface area contributed by atoms with Crippen LogP contribution in [-0.4, -0.2) is 21.0 Å². The van der Waals surface area contributed by atoms with Crippen LogP contribution in [0.5, 0.6) is 0 Å². The Hall–Kier alpha value is -1.65. The standard InChI is InChI=1S/C13H20N2O3/c1-4-6-9(7-5-2)11-14-8(3)10(13(17)18)12(16)15-11/h9H,4-7H2,1-3H3,(H,17,18)(H,14,15,16). The fraction of sp³-hybridized carbons (Fsp3) is 0.615. The Labute approximate surface area is 106 Å². The van der Waals surface area contributed by atoms with Gasteiger partial charge in [-0.25, -0.2) is 9.78 Å². The van der Waals surface area contributed by atoms with Crippen LogP contribution < -0.4 is 5.56 Å². The number of aromatic amines is 1. The Bertz CT molecular complexity index is 474. The first-order valence-electron chi connectivity index (χ1n) is 6.35. The number of hydrogen-bond donors (Lipinski definition) is 2. The van der Waals surface area contributed by atoms with Gasteiger partial charge >= 0.3 is 5.97 Å². The summed E-state index contributed by atoms with van der Waals surface area (Å²) in [4.78, 5) is 29.5. The maximum absolute atomic E-state index is 11.7. The van der Waals surface area contributed by atoms with E-state index in [2.05, 4.69) is 23.8 Å². The predicted octanol–water partition coefficient (Wildman–Crippen LogP) is 2.46. The van der Waals surface area contributed by atoms with Gasteiger partial charge in [0.25, 0.3) is 5.56 Å². The van der Waals surface area contributed by atoms with Crippen molar-refractivity contribution in [1.82, 2.24) is 9.97 Å². The molecule has 0 fully saturated rings. The van der Waals surface area contributed by atoms with Crippen LogP contribution in [0, 0.1) is 6.92 Å². The lowest BCUT2D eigenvalue weighted by Gasteiger charge is -2.15. The zero-order valence-electron chi connectivity index (χ0n) is 11.1. The molecule has 1 rings (SSSR count). The number of hydrogen-bond acceptors (Lipinski definition) is 3. The summed E-state index contributed by atoms with van der Waals surface area (Å²) in [5.41, 5.74) is -0.522. The summed E-state index contributed by atoms with van der Waals surface area (Å²) in [5.74, 6) is -0.407. The Balaban J connectivity index is 3.18. The summed E-state index contributed by atoms with van der Waals surface area (Å²) in [5, 5.41) is 8.92. The first-order valence-corrected chi connectivity index (χ1v) is 6.35. The Morgan fingerprint density at radius 1 is 1.33 bits per heavy atom. The number of aromatic nitrogens is 2. The van der Waals surface area contributed by atoms with Crippen molar-refractivity contribution in [3.63, 3.8) is 0 Å². The summed E-state index contributed by atoms with van der Waals surface area (Å²) in [7, 11) is 0. The van der Waals surface area contributed by atoms with Crippen LogP contribution in [0.15, 0.2) is 4.79 Å². The van der Waals surface area contributed by atoms with Gasteiger partial charge in [-0.3, -0.25) is 4.79 Å². The first kappa shape index (κ1) is 14.4. The molecule has 5 heteroatoms. The largest absolute Gasteiger partial charge is 0.477 e. The molecule has 2 N–H and O–H groups in total. The molecular formula is C13H20N2O3. The highest BCUT2D eigenvalue weighted by Crippen LogP contribution is 2.22. The minimum atomic E-state index is -1.23. The second-order valence-corrected chi connectivity index (χ2v) is 4.49. The molecule has 1 aromatic heterocycles. The summed E-state index contributed by atoms with van der Waals surface area (Å²) >= 11 is 0. The highest BCUT2D eigenvalue weighted by Gasteiger charge is 2.18. The van der Waals surface area contributed by atoms with Gasteiger partial charge < -0.3 is 10.1 Å². The van der Waals surface area contributed by atoms with Crippen LogP contribution >= 0.6 is 0 Å². The summed E-state index contributed by atoms with van der Waals surface area (Å²) in [6.45, 7) is 5.73. The minimum Gasteiger partial charge on any atom is -0.477 e. The van der Waals surface area contributed by atoms with E-state index in [-0.39, 0.29) is 11.5 Å². The van der Waals surface area contributed by atoms with Crippen molar-refractivity contribution in [2.24, 2.45) is 0 Å². The van der Waals surface area contributed by atoms with Gasteiger partial charge in [0.1, 0.15) is 11.4 Å². The van der Waals surface area contributed by atoms with Gasteiger partial charge in [0.2, 0.25) is 0 Å². The smallest absolute Gasteiger partial charge is 0.343 e. The van der Waals surface area contributed by atoms with E-state index in [0.717, 1.165) is 25.7 Å². The molecule has 1 aromatic rings. The lowest BCUT2D eigenvalue weighted by Crippen LogP contribution is -2.24. The zero-order valence-corrected chi connectivity index (χ0v) is 11.1. The molecular weight excluding hydrogens is 232 g/mol. The van der Waals surface area contributed by atoms with Crippen LogP contribution in [-0.2, 0) is 0 Å². The average Bonchev–Trinajstić information content (AvgIpc) is 2.27. The maximum Gasteiger partial charge on any atom is 0.343 e. The van der Waals surface area contributed by atoms with Gasteiger partial charge in [0.15, 0.2) is 0 Å². The highest BCUT2D eigenvalue weighted by molar-refractivity contribution is 5.88. The average molecular weight is 252 g/mol. The van der Waals surface area contributed by atoms with Crippen molar-refractivity contribution in [3.05, 3.63) is 27.4 Å². The van der Waals surface area contributed by atoms with Crippen molar-refractivity contribution in [2.45, 2.75) is 52.4 Å². The molecule has 0 bridgehead atoms. The molecule has 0 aliphatic heterocycles. The first-order chi connectivity index (χ1) is 8.51. The fourth-order valence-electron chi connectivity index (χ4n) is 2.17. The molecule has 0 saturated heterocycles. The van der Waals surface area contributed by atoms with Gasteiger partial charge in [-0.05, 0) is 19.8 Å². The monoisotopic (exact) mass is 252 g/mol. The lowest BCUT2D eigenvalue weighted by molar-refractivity contribution is 0.0693. The van der Waals surface area contributed by atoms with Gasteiger partial charge in [-0.15, -0.1) is 0 Å². The molecule has 0 aliphatic rings. The van der Waals surface area contributed by atoms with E-state index in [9.17, 15) is 9.59 Å². The lowest BCUT2D eigenvalue weighted by atomic mass is 9.97. The van der Waals surface area contributed by atoms with Crippen LogP contribution in [0.25, 0.3) is 0 Å². The predicted molar refractivity (Wildman–Crippen MR) is 69.1 cm³/mol. The number of H-pyrrole nitrogens is 1. The Morgan fingerprint density at radius 2 is 1.89 bits per heavy atom. The molecule has 0 amide bonds. The molecule has 0 aliphatic carbocycles. The number of carbonyl (C=O) groups is 1. The molecule has 5 nitrogen and oxygen atoms in total. The zero-order chi connectivity index (χ0) is 13.7. The fourth-order valence-corrected chi connectivity index (χ4v) is 2.17. The molecule has 0 spiro atoms. The van der Waals surface area contributed by atoms with Crippen LogP contribution in [0.4, 0.5) is 0 Å². The van der Waals surface area contributed by atoms with Crippen molar-refractivity contribution in [2.75, 3.05) is 0 Å². The Morgan fingerprint density at radius 3 is 2.28 bits per heavy atom. The minimum absolute atomic E-state index is 0.203. The number of rotatable bonds is 6. The van der Waals surface area contributed by atoms with Gasteiger partial charge in [0, 0.05) is 5.92 Å². The maximum atomic E-state index is 11.7. The normalized spacial score (nSPS) is 10.9. The van der Waals surface area contributed by atoms with Crippen molar-refractivity contribution >= 4 is 5.97 Å². The second kappa shape index (κ2) is 6.33. The molecule has 0 unspecified atom stereocenters. The van der Waals surface area contributed by atoms with Crippen LogP contribution in [0.2, 0.25) is 0 Å². The van der Waals surface area contributed by atoms with Gasteiger partial charge in [0.05, 0.1) is 5.69 Å². The quantitative estimate of drug-likeness (QED) is 0.814. The van der Waals surface area contributed by atoms with Crippen molar-refractivity contribution < 1.29 is 9.90 Å². The molecule has 0 atom stereocenters. The highest BCUT2D eigenvalue weighted by atomic mass is 16.4. The third-order valence-electron chi connectivity index (χ3n) is 2.99. The van der Waals surface area contributed by atoms with E-state index >= 15 is 0 Å². The summed E-state index contributed by atoms with van der Waals surface area (Å²) in [6, 6.07) is 0. The van der Waals surface area contributed by atoms with Gasteiger partial charge in [-0.2, -0.15) is 0 Å². The summed E-state index contributed by atoms with van der Waals surface area (Å²) in [6.07, 6.45) is 3.91. The van der Waals surface area contributed by atoms with E-state index in [1.165, 1.54) is 0 Å². The van der Waals surface area contributed by atoms with Gasteiger partial charge in [-0.1, -0.05) is 26.7 Å². The van der Waals surface area contributed by atoms with E-state index in [1.54, 1.807) is 6.92 Å². The molecule has 0 aromatic carbocycles. The number of carboxylic acids is 1. The van der Waals surface area contributed by atoms with Crippen LogP contribution in [0.1, 0.15) is 67.3 Å². The SMILES string of the molecule is CCCC(CCC)c1nc(C)c(C(=O)O)c(=O)[nH]1. The summed E-state index contributed by atoms with van der Waals surface area (Å²) < 4.78 is 0. The number of aryl methyl sites for hydroxylation is 1.